The standard InChI is InChI=1S/C21H20N4O3S/c1-13-9-14(2)24-21(23-13)29-12-15-3-5-16(6-4-15)20(28)25-22-11-17-7-8-18(26)10-19(17)27/h3-11,26-27H,12H2,1-2H3,(H,25,28)/b22-11+. The summed E-state index contributed by atoms with van der Waals surface area (Å²) in [4.78, 5) is 21.0. The highest BCUT2D eigenvalue weighted by atomic mass is 32.2. The summed E-state index contributed by atoms with van der Waals surface area (Å²) >= 11 is 1.54. The number of phenols is 2. The molecule has 0 aliphatic rings. The Balaban J connectivity index is 1.56. The molecule has 1 aromatic heterocycles. The lowest BCUT2D eigenvalue weighted by Crippen LogP contribution is -2.17. The van der Waals surface area contributed by atoms with Crippen LogP contribution in [0.2, 0.25) is 0 Å². The van der Waals surface area contributed by atoms with E-state index >= 15 is 0 Å². The van der Waals surface area contributed by atoms with Crippen LogP contribution in [0.1, 0.15) is 32.9 Å². The van der Waals surface area contributed by atoms with Crippen LogP contribution in [0.4, 0.5) is 0 Å². The molecule has 29 heavy (non-hydrogen) atoms. The third kappa shape index (κ3) is 5.79. The molecule has 3 rings (SSSR count). The van der Waals surface area contributed by atoms with Gasteiger partial charge in [-0.15, -0.1) is 0 Å². The van der Waals surface area contributed by atoms with Gasteiger partial charge in [-0.05, 0) is 49.7 Å². The van der Waals surface area contributed by atoms with Crippen LogP contribution in [-0.2, 0) is 5.75 Å². The molecule has 0 fully saturated rings. The Morgan fingerprint density at radius 2 is 1.76 bits per heavy atom. The van der Waals surface area contributed by atoms with Crippen LogP contribution in [0, 0.1) is 13.8 Å². The molecular formula is C21H20N4O3S. The molecule has 2 aromatic carbocycles. The van der Waals surface area contributed by atoms with Gasteiger partial charge in [-0.2, -0.15) is 5.10 Å². The summed E-state index contributed by atoms with van der Waals surface area (Å²) in [6.45, 7) is 3.88. The minimum absolute atomic E-state index is 0.0500. The number of hydrazone groups is 1. The van der Waals surface area contributed by atoms with Gasteiger partial charge >= 0.3 is 0 Å². The number of phenolic OH excluding ortho intramolecular Hbond substituents is 2. The second-order valence-corrected chi connectivity index (χ2v) is 7.30. The third-order valence-electron chi connectivity index (χ3n) is 3.93. The van der Waals surface area contributed by atoms with E-state index in [1.54, 1.807) is 23.9 Å². The molecule has 8 heteroatoms. The number of nitrogens with zero attached hydrogens (tertiary/aromatic N) is 3. The molecule has 0 saturated heterocycles. The lowest BCUT2D eigenvalue weighted by atomic mass is 10.1. The summed E-state index contributed by atoms with van der Waals surface area (Å²) in [6.07, 6.45) is 1.31. The molecule has 0 spiro atoms. The van der Waals surface area contributed by atoms with Gasteiger partial charge in [0.1, 0.15) is 11.5 Å². The van der Waals surface area contributed by atoms with E-state index in [0.29, 0.717) is 16.9 Å². The molecule has 3 aromatic rings. The van der Waals surface area contributed by atoms with Crippen LogP contribution in [0.5, 0.6) is 11.5 Å². The van der Waals surface area contributed by atoms with E-state index in [1.807, 2.05) is 32.0 Å². The van der Waals surface area contributed by atoms with Gasteiger partial charge in [0.15, 0.2) is 5.16 Å². The fourth-order valence-corrected chi connectivity index (χ4v) is 3.43. The minimum atomic E-state index is -0.364. The van der Waals surface area contributed by atoms with Crippen molar-refractivity contribution in [3.8, 4) is 11.5 Å². The van der Waals surface area contributed by atoms with E-state index in [2.05, 4.69) is 20.5 Å². The molecule has 0 saturated carbocycles. The molecule has 7 nitrogen and oxygen atoms in total. The van der Waals surface area contributed by atoms with Gasteiger partial charge in [0.05, 0.1) is 6.21 Å². The molecule has 0 aliphatic heterocycles. The monoisotopic (exact) mass is 408 g/mol. The fraction of sp³-hybridized carbons (Fsp3) is 0.143. The Morgan fingerprint density at radius 1 is 1.07 bits per heavy atom. The van der Waals surface area contributed by atoms with E-state index in [-0.39, 0.29) is 17.4 Å². The Kier molecular flexibility index (Phi) is 6.46. The molecule has 1 heterocycles. The molecule has 1 amide bonds. The summed E-state index contributed by atoms with van der Waals surface area (Å²) in [7, 11) is 0. The van der Waals surface area contributed by atoms with Crippen molar-refractivity contribution in [3.05, 3.63) is 76.6 Å². The minimum Gasteiger partial charge on any atom is -0.508 e. The highest BCUT2D eigenvalue weighted by molar-refractivity contribution is 7.98. The Bertz CT molecular complexity index is 1030. The number of nitrogens with one attached hydrogen (secondary N) is 1. The zero-order chi connectivity index (χ0) is 20.8. The first-order valence-corrected chi connectivity index (χ1v) is 9.78. The van der Waals surface area contributed by atoms with Crippen molar-refractivity contribution >= 4 is 23.9 Å². The Labute approximate surface area is 172 Å². The average Bonchev–Trinajstić information content (AvgIpc) is 2.67. The lowest BCUT2D eigenvalue weighted by molar-refractivity contribution is 0.0955. The van der Waals surface area contributed by atoms with Gasteiger partial charge in [-0.25, -0.2) is 15.4 Å². The average molecular weight is 408 g/mol. The molecule has 0 atom stereocenters. The van der Waals surface area contributed by atoms with Crippen molar-refractivity contribution in [2.75, 3.05) is 0 Å². The van der Waals surface area contributed by atoms with Gasteiger partial charge in [0.25, 0.3) is 5.91 Å². The summed E-state index contributed by atoms with van der Waals surface area (Å²) in [5.74, 6) is 0.156. The highest BCUT2D eigenvalue weighted by Crippen LogP contribution is 2.21. The number of hydrogen-bond acceptors (Lipinski definition) is 7. The number of carbonyl (C=O) groups excluding carboxylic acids is 1. The predicted octanol–water partition coefficient (Wildman–Crippen LogP) is 3.56. The van der Waals surface area contributed by atoms with Crippen molar-refractivity contribution in [3.63, 3.8) is 0 Å². The van der Waals surface area contributed by atoms with E-state index in [4.69, 9.17) is 0 Å². The van der Waals surface area contributed by atoms with Crippen molar-refractivity contribution in [2.24, 2.45) is 5.10 Å². The maximum absolute atomic E-state index is 12.2. The predicted molar refractivity (Wildman–Crippen MR) is 112 cm³/mol. The molecule has 0 aliphatic carbocycles. The van der Waals surface area contributed by atoms with Gasteiger partial charge in [0.2, 0.25) is 0 Å². The first-order chi connectivity index (χ1) is 13.9. The van der Waals surface area contributed by atoms with Crippen LogP contribution in [0.15, 0.2) is 58.8 Å². The maximum atomic E-state index is 12.2. The number of aromatic hydroxyl groups is 2. The third-order valence-corrected chi connectivity index (χ3v) is 4.85. The summed E-state index contributed by atoms with van der Waals surface area (Å²) < 4.78 is 0. The number of benzene rings is 2. The summed E-state index contributed by atoms with van der Waals surface area (Å²) in [5.41, 5.74) is 6.18. The van der Waals surface area contributed by atoms with Gasteiger partial charge in [-0.1, -0.05) is 23.9 Å². The lowest BCUT2D eigenvalue weighted by Gasteiger charge is -2.05. The summed E-state index contributed by atoms with van der Waals surface area (Å²) in [6, 6.07) is 13.2. The van der Waals surface area contributed by atoms with Gasteiger partial charge in [-0.3, -0.25) is 4.79 Å². The Hall–Kier alpha value is -3.39. The molecule has 0 radical (unpaired) electrons. The first-order valence-electron chi connectivity index (χ1n) is 8.80. The number of thioether (sulfide) groups is 1. The number of amides is 1. The molecule has 148 valence electrons. The Morgan fingerprint density at radius 3 is 2.41 bits per heavy atom. The van der Waals surface area contributed by atoms with Crippen LogP contribution in [0.25, 0.3) is 0 Å². The van der Waals surface area contributed by atoms with Gasteiger partial charge in [0, 0.05) is 34.3 Å². The normalized spacial score (nSPS) is 11.0. The van der Waals surface area contributed by atoms with E-state index in [9.17, 15) is 15.0 Å². The van der Waals surface area contributed by atoms with Gasteiger partial charge < -0.3 is 10.2 Å². The second kappa shape index (κ2) is 9.20. The quantitative estimate of drug-likeness (QED) is 0.249. The zero-order valence-corrected chi connectivity index (χ0v) is 16.8. The molecule has 0 unspecified atom stereocenters. The van der Waals surface area contributed by atoms with Crippen molar-refractivity contribution in [1.29, 1.82) is 0 Å². The number of hydrogen-bond donors (Lipinski definition) is 3. The second-order valence-electron chi connectivity index (χ2n) is 6.36. The number of aromatic nitrogens is 2. The van der Waals surface area contributed by atoms with E-state index in [0.717, 1.165) is 22.1 Å². The molecule has 0 bridgehead atoms. The molecular weight excluding hydrogens is 388 g/mol. The number of rotatable bonds is 6. The van der Waals surface area contributed by atoms with E-state index in [1.165, 1.54) is 24.4 Å². The number of carbonyl (C=O) groups is 1. The van der Waals surface area contributed by atoms with Crippen molar-refractivity contribution in [2.45, 2.75) is 24.8 Å². The van der Waals surface area contributed by atoms with Crippen LogP contribution in [0.3, 0.4) is 0 Å². The van der Waals surface area contributed by atoms with Crippen LogP contribution >= 0.6 is 11.8 Å². The topological polar surface area (TPSA) is 108 Å². The largest absolute Gasteiger partial charge is 0.508 e. The fourth-order valence-electron chi connectivity index (χ4n) is 2.52. The van der Waals surface area contributed by atoms with Crippen LogP contribution in [-0.4, -0.2) is 32.3 Å². The zero-order valence-electron chi connectivity index (χ0n) is 16.0. The SMILES string of the molecule is Cc1cc(C)nc(SCc2ccc(C(=O)N/N=C/c3ccc(O)cc3O)cc2)n1. The van der Waals surface area contributed by atoms with E-state index < -0.39 is 0 Å². The van der Waals surface area contributed by atoms with Crippen molar-refractivity contribution in [1.82, 2.24) is 15.4 Å². The first kappa shape index (κ1) is 20.3. The van der Waals surface area contributed by atoms with Crippen molar-refractivity contribution < 1.29 is 15.0 Å². The molecule has 3 N–H and O–H groups in total. The number of aryl methyl sites for hydroxylation is 2. The maximum Gasteiger partial charge on any atom is 0.271 e. The van der Waals surface area contributed by atoms with Crippen LogP contribution < -0.4 is 5.43 Å². The highest BCUT2D eigenvalue weighted by Gasteiger charge is 2.06. The summed E-state index contributed by atoms with van der Waals surface area (Å²) in [5, 5.41) is 23.5. The smallest absolute Gasteiger partial charge is 0.271 e.